The van der Waals surface area contributed by atoms with E-state index in [9.17, 15) is 9.59 Å². The zero-order chi connectivity index (χ0) is 15.5. The zero-order valence-corrected chi connectivity index (χ0v) is 12.1. The molecule has 0 saturated heterocycles. The molecule has 0 unspecified atom stereocenters. The van der Waals surface area contributed by atoms with Gasteiger partial charge in [-0.15, -0.1) is 0 Å². The van der Waals surface area contributed by atoms with Crippen molar-refractivity contribution in [2.24, 2.45) is 0 Å². The lowest BCUT2D eigenvalue weighted by Crippen LogP contribution is -2.26. The maximum Gasteiger partial charge on any atom is 0.253 e. The minimum atomic E-state index is -0.231. The first-order valence-corrected chi connectivity index (χ1v) is 6.94. The second-order valence-electron chi connectivity index (χ2n) is 5.13. The van der Waals surface area contributed by atoms with Gasteiger partial charge in [-0.3, -0.25) is 14.6 Å². The molecule has 5 nitrogen and oxygen atoms in total. The van der Waals surface area contributed by atoms with Gasteiger partial charge in [-0.1, -0.05) is 12.1 Å². The summed E-state index contributed by atoms with van der Waals surface area (Å²) >= 11 is 0. The van der Waals surface area contributed by atoms with E-state index in [2.05, 4.69) is 15.3 Å². The van der Waals surface area contributed by atoms with Gasteiger partial charge in [0.2, 0.25) is 0 Å². The number of hydrogen-bond donors (Lipinski definition) is 2. The highest BCUT2D eigenvalue weighted by Crippen LogP contribution is 2.13. The van der Waals surface area contributed by atoms with Crippen LogP contribution in [0.4, 0.5) is 0 Å². The summed E-state index contributed by atoms with van der Waals surface area (Å²) in [7, 11) is 0. The number of rotatable bonds is 3. The molecule has 22 heavy (non-hydrogen) atoms. The normalized spacial score (nSPS) is 10.6. The van der Waals surface area contributed by atoms with Crippen molar-refractivity contribution in [1.29, 1.82) is 0 Å². The van der Waals surface area contributed by atoms with Crippen LogP contribution in [0.25, 0.3) is 10.9 Å². The quantitative estimate of drug-likeness (QED) is 0.777. The lowest BCUT2D eigenvalue weighted by molar-refractivity contribution is 0.0950. The number of amides is 1. The van der Waals surface area contributed by atoms with E-state index in [0.29, 0.717) is 11.1 Å². The van der Waals surface area contributed by atoms with Crippen molar-refractivity contribution in [3.05, 3.63) is 75.8 Å². The molecule has 0 aliphatic carbocycles. The highest BCUT2D eigenvalue weighted by atomic mass is 16.1. The lowest BCUT2D eigenvalue weighted by Gasteiger charge is -2.06. The molecule has 0 saturated carbocycles. The van der Waals surface area contributed by atoms with Gasteiger partial charge in [0.05, 0.1) is 0 Å². The molecule has 0 aliphatic heterocycles. The van der Waals surface area contributed by atoms with Gasteiger partial charge in [-0.2, -0.15) is 0 Å². The number of aromatic nitrogens is 2. The fourth-order valence-electron chi connectivity index (χ4n) is 2.27. The molecule has 1 aromatic carbocycles. The average molecular weight is 293 g/mol. The topological polar surface area (TPSA) is 74.8 Å². The molecule has 0 radical (unpaired) electrons. The molecule has 0 aliphatic rings. The van der Waals surface area contributed by atoms with Crippen molar-refractivity contribution >= 4 is 16.8 Å². The highest BCUT2D eigenvalue weighted by Gasteiger charge is 2.07. The molecular weight excluding hydrogens is 278 g/mol. The summed E-state index contributed by atoms with van der Waals surface area (Å²) in [4.78, 5) is 30.8. The Hall–Kier alpha value is -2.95. The van der Waals surface area contributed by atoms with Gasteiger partial charge in [0.25, 0.3) is 11.5 Å². The van der Waals surface area contributed by atoms with Gasteiger partial charge in [0, 0.05) is 35.6 Å². The second-order valence-corrected chi connectivity index (χ2v) is 5.13. The Morgan fingerprint density at radius 2 is 1.95 bits per heavy atom. The number of hydrogen-bond acceptors (Lipinski definition) is 3. The molecule has 3 aromatic rings. The van der Waals surface area contributed by atoms with Gasteiger partial charge >= 0.3 is 0 Å². The summed E-state index contributed by atoms with van der Waals surface area (Å²) in [5.74, 6) is -0.231. The van der Waals surface area contributed by atoms with E-state index in [-0.39, 0.29) is 18.0 Å². The van der Waals surface area contributed by atoms with E-state index in [1.165, 1.54) is 0 Å². The van der Waals surface area contributed by atoms with Gasteiger partial charge < -0.3 is 10.3 Å². The first-order valence-electron chi connectivity index (χ1n) is 6.94. The van der Waals surface area contributed by atoms with Crippen LogP contribution >= 0.6 is 0 Å². The first kappa shape index (κ1) is 14.0. The Morgan fingerprint density at radius 3 is 2.73 bits per heavy atom. The molecule has 3 rings (SSSR count). The number of carbonyl (C=O) groups is 1. The number of carbonyl (C=O) groups excluding carboxylic acids is 1. The van der Waals surface area contributed by atoms with Crippen molar-refractivity contribution < 1.29 is 4.79 Å². The molecule has 5 heteroatoms. The minimum Gasteiger partial charge on any atom is -0.348 e. The number of aryl methyl sites for hydroxylation is 1. The number of nitrogens with one attached hydrogen (secondary N) is 2. The summed E-state index contributed by atoms with van der Waals surface area (Å²) in [5.41, 5.74) is 2.74. The Bertz CT molecular complexity index is 885. The van der Waals surface area contributed by atoms with Crippen LogP contribution in [0.5, 0.6) is 0 Å². The van der Waals surface area contributed by atoms with Gasteiger partial charge in [-0.25, -0.2) is 0 Å². The zero-order valence-electron chi connectivity index (χ0n) is 12.1. The van der Waals surface area contributed by atoms with Gasteiger partial charge in [0.1, 0.15) is 0 Å². The van der Waals surface area contributed by atoms with Crippen molar-refractivity contribution in [3.8, 4) is 0 Å². The van der Waals surface area contributed by atoms with E-state index in [1.807, 2.05) is 25.1 Å². The predicted molar refractivity (Wildman–Crippen MR) is 84.7 cm³/mol. The van der Waals surface area contributed by atoms with E-state index < -0.39 is 0 Å². The molecule has 2 N–H and O–H groups in total. The molecule has 1 amide bonds. The molecule has 110 valence electrons. The van der Waals surface area contributed by atoms with E-state index in [0.717, 1.165) is 16.5 Å². The average Bonchev–Trinajstić information content (AvgIpc) is 2.53. The van der Waals surface area contributed by atoms with Crippen molar-refractivity contribution in [3.63, 3.8) is 0 Å². The number of benzene rings is 1. The smallest absolute Gasteiger partial charge is 0.253 e. The molecule has 0 fully saturated rings. The van der Waals surface area contributed by atoms with Crippen molar-refractivity contribution in [2.75, 3.05) is 0 Å². The van der Waals surface area contributed by atoms with E-state index in [4.69, 9.17) is 0 Å². The first-order chi connectivity index (χ1) is 10.6. The van der Waals surface area contributed by atoms with Crippen LogP contribution in [0.3, 0.4) is 0 Å². The fraction of sp³-hybridized carbons (Fsp3) is 0.118. The highest BCUT2D eigenvalue weighted by molar-refractivity contribution is 5.94. The lowest BCUT2D eigenvalue weighted by atomic mass is 10.1. The monoisotopic (exact) mass is 293 g/mol. The maximum atomic E-state index is 12.1. The predicted octanol–water partition coefficient (Wildman–Crippen LogP) is 2.16. The third kappa shape index (κ3) is 2.88. The molecule has 0 spiro atoms. The third-order valence-corrected chi connectivity index (χ3v) is 3.46. The summed E-state index contributed by atoms with van der Waals surface area (Å²) in [6, 6.07) is 10.9. The fourth-order valence-corrected chi connectivity index (χ4v) is 2.27. The molecule has 0 bridgehead atoms. The second kappa shape index (κ2) is 5.81. The summed E-state index contributed by atoms with van der Waals surface area (Å²) in [6.07, 6.45) is 3.11. The minimum absolute atomic E-state index is 0.181. The van der Waals surface area contributed by atoms with Gasteiger partial charge in [-0.05, 0) is 42.1 Å². The van der Waals surface area contributed by atoms with Crippen LogP contribution < -0.4 is 10.9 Å². The number of pyridine rings is 2. The van der Waals surface area contributed by atoms with Crippen LogP contribution in [0.15, 0.2) is 53.6 Å². The largest absolute Gasteiger partial charge is 0.348 e. The maximum absolute atomic E-state index is 12.1. The Labute approximate surface area is 127 Å². The van der Waals surface area contributed by atoms with Crippen LogP contribution in [-0.4, -0.2) is 15.9 Å². The van der Waals surface area contributed by atoms with Crippen LogP contribution in [0.2, 0.25) is 0 Å². The number of aromatic amines is 1. The van der Waals surface area contributed by atoms with Crippen molar-refractivity contribution in [2.45, 2.75) is 13.5 Å². The third-order valence-electron chi connectivity index (χ3n) is 3.46. The van der Waals surface area contributed by atoms with Crippen LogP contribution in [0, 0.1) is 6.92 Å². The number of fused-ring (bicyclic) bond motifs is 1. The summed E-state index contributed by atoms with van der Waals surface area (Å²) in [6.45, 7) is 2.15. The summed E-state index contributed by atoms with van der Waals surface area (Å²) in [5, 5.41) is 3.69. The van der Waals surface area contributed by atoms with Crippen LogP contribution in [0.1, 0.15) is 21.5 Å². The van der Waals surface area contributed by atoms with Crippen LogP contribution in [-0.2, 0) is 6.54 Å². The Balaban J connectivity index is 1.82. The standard InChI is InChI=1S/C17H15N3O2/c1-11-2-3-13-9-14(17(22)20-15(13)8-11)10-19-16(21)12-4-6-18-7-5-12/h2-9H,10H2,1H3,(H,19,21)(H,20,22). The van der Waals surface area contributed by atoms with E-state index in [1.54, 1.807) is 30.6 Å². The number of H-pyrrole nitrogens is 1. The Kier molecular flexibility index (Phi) is 3.70. The number of nitrogens with zero attached hydrogens (tertiary/aromatic N) is 1. The van der Waals surface area contributed by atoms with Crippen molar-refractivity contribution in [1.82, 2.24) is 15.3 Å². The molecule has 0 atom stereocenters. The summed E-state index contributed by atoms with van der Waals surface area (Å²) < 4.78 is 0. The Morgan fingerprint density at radius 1 is 1.18 bits per heavy atom. The molecule has 2 heterocycles. The van der Waals surface area contributed by atoms with Gasteiger partial charge in [0.15, 0.2) is 0 Å². The van der Waals surface area contributed by atoms with E-state index >= 15 is 0 Å². The SMILES string of the molecule is Cc1ccc2cc(CNC(=O)c3ccncc3)c(=O)[nH]c2c1. The molecule has 2 aromatic heterocycles. The molecular formula is C17H15N3O2.